The predicted molar refractivity (Wildman–Crippen MR) is 125 cm³/mol. The van der Waals surface area contributed by atoms with E-state index in [-0.39, 0.29) is 16.9 Å². The number of aryl methyl sites for hydroxylation is 1. The SMILES string of the molecule is Cc1ccccc1CN1C(=N)[N+]2(CCC3CCCCC3)CC3(C)CCCCC32CC1=O. The molecule has 4 nitrogen and oxygen atoms in total. The van der Waals surface area contributed by atoms with Crippen LogP contribution in [0.3, 0.4) is 0 Å². The van der Waals surface area contributed by atoms with Crippen molar-refractivity contribution in [3.05, 3.63) is 35.4 Å². The van der Waals surface area contributed by atoms with E-state index in [9.17, 15) is 10.2 Å². The molecular weight excluding hydrogens is 382 g/mol. The number of guanidine groups is 1. The molecule has 1 N–H and O–H groups in total. The summed E-state index contributed by atoms with van der Waals surface area (Å²) in [5.41, 5.74) is 2.60. The summed E-state index contributed by atoms with van der Waals surface area (Å²) in [7, 11) is 0. The molecule has 0 radical (unpaired) electrons. The number of nitrogens with one attached hydrogen (secondary N) is 1. The minimum absolute atomic E-state index is 0.0175. The Morgan fingerprint density at radius 1 is 1.10 bits per heavy atom. The van der Waals surface area contributed by atoms with Gasteiger partial charge in [-0.2, -0.15) is 0 Å². The fraction of sp³-hybridized carbons (Fsp3) is 0.704. The summed E-state index contributed by atoms with van der Waals surface area (Å²) in [5.74, 6) is 1.62. The van der Waals surface area contributed by atoms with E-state index in [1.54, 1.807) is 0 Å². The van der Waals surface area contributed by atoms with Crippen LogP contribution in [0.5, 0.6) is 0 Å². The third-order valence-electron chi connectivity index (χ3n) is 9.77. The largest absolute Gasteiger partial charge is 0.305 e. The van der Waals surface area contributed by atoms with Crippen molar-refractivity contribution in [2.24, 2.45) is 11.3 Å². The maximum atomic E-state index is 13.5. The number of carbonyl (C=O) groups is 1. The molecule has 4 aliphatic rings. The molecule has 3 unspecified atom stereocenters. The number of rotatable bonds is 5. The van der Waals surface area contributed by atoms with Gasteiger partial charge in [0.1, 0.15) is 5.54 Å². The van der Waals surface area contributed by atoms with Crippen LogP contribution in [0.15, 0.2) is 24.3 Å². The van der Waals surface area contributed by atoms with E-state index < -0.39 is 0 Å². The van der Waals surface area contributed by atoms with Crippen LogP contribution in [0, 0.1) is 23.7 Å². The van der Waals surface area contributed by atoms with Crippen LogP contribution in [0.25, 0.3) is 0 Å². The van der Waals surface area contributed by atoms with Crippen molar-refractivity contribution in [2.75, 3.05) is 13.1 Å². The van der Waals surface area contributed by atoms with Crippen molar-refractivity contribution in [3.8, 4) is 0 Å². The van der Waals surface area contributed by atoms with Gasteiger partial charge in [-0.15, -0.1) is 0 Å². The summed E-state index contributed by atoms with van der Waals surface area (Å²) in [5, 5.41) is 9.43. The maximum Gasteiger partial charge on any atom is 0.305 e. The Hall–Kier alpha value is -1.68. The molecule has 0 aromatic heterocycles. The van der Waals surface area contributed by atoms with Gasteiger partial charge in [0, 0.05) is 6.42 Å². The Morgan fingerprint density at radius 2 is 1.84 bits per heavy atom. The minimum Gasteiger partial charge on any atom is -0.274 e. The number of nitrogens with zero attached hydrogens (tertiary/aromatic N) is 2. The van der Waals surface area contributed by atoms with Crippen LogP contribution in [0.2, 0.25) is 0 Å². The highest BCUT2D eigenvalue weighted by molar-refractivity contribution is 5.96. The van der Waals surface area contributed by atoms with Crippen molar-refractivity contribution in [1.29, 1.82) is 5.41 Å². The van der Waals surface area contributed by atoms with Crippen LogP contribution in [0.4, 0.5) is 0 Å². The number of hydrogen-bond acceptors (Lipinski definition) is 2. The first kappa shape index (κ1) is 21.2. The van der Waals surface area contributed by atoms with E-state index in [1.807, 2.05) is 4.90 Å². The molecule has 31 heavy (non-hydrogen) atoms. The number of benzene rings is 1. The maximum absolute atomic E-state index is 13.5. The summed E-state index contributed by atoms with van der Waals surface area (Å²) < 4.78 is 0.789. The van der Waals surface area contributed by atoms with Crippen LogP contribution < -0.4 is 0 Å². The molecule has 2 heterocycles. The molecule has 0 bridgehead atoms. The molecule has 1 aromatic carbocycles. The number of amides is 1. The Labute approximate surface area is 188 Å². The quantitative estimate of drug-likeness (QED) is 0.600. The van der Waals surface area contributed by atoms with Crippen molar-refractivity contribution >= 4 is 11.9 Å². The summed E-state index contributed by atoms with van der Waals surface area (Å²) in [6.07, 6.45) is 13.6. The highest BCUT2D eigenvalue weighted by Gasteiger charge is 2.78. The van der Waals surface area contributed by atoms with Crippen molar-refractivity contribution in [1.82, 2.24) is 4.90 Å². The molecule has 168 valence electrons. The zero-order valence-corrected chi connectivity index (χ0v) is 19.6. The predicted octanol–water partition coefficient (Wildman–Crippen LogP) is 5.78. The molecule has 3 atom stereocenters. The van der Waals surface area contributed by atoms with Gasteiger partial charge in [-0.1, -0.05) is 62.8 Å². The first-order chi connectivity index (χ1) is 14.9. The lowest BCUT2D eigenvalue weighted by molar-refractivity contribution is -0.975. The number of hydrogen-bond donors (Lipinski definition) is 1. The van der Waals surface area contributed by atoms with Gasteiger partial charge in [0.15, 0.2) is 0 Å². The Bertz CT molecular complexity index is 875. The highest BCUT2D eigenvalue weighted by atomic mass is 16.2. The molecule has 5 rings (SSSR count). The van der Waals surface area contributed by atoms with E-state index in [2.05, 4.69) is 38.1 Å². The second-order valence-corrected chi connectivity index (χ2v) is 11.3. The first-order valence-electron chi connectivity index (χ1n) is 12.7. The van der Waals surface area contributed by atoms with Crippen LogP contribution in [-0.4, -0.2) is 39.9 Å². The lowest BCUT2D eigenvalue weighted by atomic mass is 9.50. The molecule has 2 saturated heterocycles. The lowest BCUT2D eigenvalue weighted by Gasteiger charge is -2.73. The second-order valence-electron chi connectivity index (χ2n) is 11.3. The Balaban J connectivity index is 1.45. The van der Waals surface area contributed by atoms with E-state index >= 15 is 0 Å². The number of carbonyl (C=O) groups excluding carboxylic acids is 1. The zero-order valence-electron chi connectivity index (χ0n) is 19.6. The lowest BCUT2D eigenvalue weighted by Crippen LogP contribution is -2.90. The van der Waals surface area contributed by atoms with E-state index in [1.165, 1.54) is 68.9 Å². The van der Waals surface area contributed by atoms with Crippen LogP contribution in [-0.2, 0) is 11.3 Å². The molecule has 2 aliphatic carbocycles. The van der Waals surface area contributed by atoms with Gasteiger partial charge in [-0.25, -0.2) is 10.3 Å². The zero-order chi connectivity index (χ0) is 21.7. The standard InChI is InChI=1S/C27H40N3O/c1-21-10-6-7-13-23(21)19-29-24(31)18-27-16-9-8-15-26(27,2)20-30(27,25(29)28)17-14-22-11-4-3-5-12-22/h6-7,10,13,22,28H,3-5,8-9,11-12,14-20H2,1-2H3/q+1. The normalized spacial score (nSPS) is 36.0. The van der Waals surface area contributed by atoms with Gasteiger partial charge < -0.3 is 0 Å². The van der Waals surface area contributed by atoms with Crippen molar-refractivity contribution in [2.45, 2.75) is 96.6 Å². The highest BCUT2D eigenvalue weighted by Crippen LogP contribution is 2.64. The van der Waals surface area contributed by atoms with Gasteiger partial charge in [0.25, 0.3) is 0 Å². The fourth-order valence-electron chi connectivity index (χ4n) is 7.90. The van der Waals surface area contributed by atoms with E-state index in [0.717, 1.165) is 29.9 Å². The van der Waals surface area contributed by atoms with Crippen LogP contribution >= 0.6 is 0 Å². The van der Waals surface area contributed by atoms with Crippen LogP contribution in [0.1, 0.15) is 88.7 Å². The first-order valence-corrected chi connectivity index (χ1v) is 12.7. The number of quaternary nitrogens is 1. The van der Waals surface area contributed by atoms with Gasteiger partial charge in [0.2, 0.25) is 5.91 Å². The molecule has 4 fully saturated rings. The minimum atomic E-state index is -0.0175. The third-order valence-corrected chi connectivity index (χ3v) is 9.77. The van der Waals surface area contributed by atoms with Gasteiger partial charge in [-0.3, -0.25) is 9.28 Å². The molecule has 1 amide bonds. The van der Waals surface area contributed by atoms with Gasteiger partial charge in [0.05, 0.1) is 31.5 Å². The molecule has 1 aromatic rings. The molecule has 4 heteroatoms. The van der Waals surface area contributed by atoms with Gasteiger partial charge >= 0.3 is 5.96 Å². The molecule has 2 aliphatic heterocycles. The Morgan fingerprint density at radius 3 is 2.58 bits per heavy atom. The average Bonchev–Trinajstić information content (AvgIpc) is 2.76. The summed E-state index contributed by atoms with van der Waals surface area (Å²) in [4.78, 5) is 15.4. The third kappa shape index (κ3) is 3.12. The van der Waals surface area contributed by atoms with Crippen molar-refractivity contribution in [3.63, 3.8) is 0 Å². The van der Waals surface area contributed by atoms with E-state index in [4.69, 9.17) is 0 Å². The second kappa shape index (κ2) is 7.72. The summed E-state index contributed by atoms with van der Waals surface area (Å²) in [6.45, 7) is 7.23. The Kier molecular flexibility index (Phi) is 5.28. The van der Waals surface area contributed by atoms with E-state index in [0.29, 0.717) is 18.9 Å². The molecule has 2 saturated carbocycles. The average molecular weight is 423 g/mol. The molecular formula is C27H40N3O+. The summed E-state index contributed by atoms with van der Waals surface area (Å²) >= 11 is 0. The van der Waals surface area contributed by atoms with Crippen molar-refractivity contribution < 1.29 is 9.28 Å². The smallest absolute Gasteiger partial charge is 0.274 e. The topological polar surface area (TPSA) is 44.2 Å². The summed E-state index contributed by atoms with van der Waals surface area (Å²) in [6, 6.07) is 8.34. The molecule has 1 spiro atoms. The monoisotopic (exact) mass is 422 g/mol. The van der Waals surface area contributed by atoms with Gasteiger partial charge in [-0.05, 0) is 50.2 Å². The fourth-order valence-corrected chi connectivity index (χ4v) is 7.90.